The van der Waals surface area contributed by atoms with Gasteiger partial charge in [0.1, 0.15) is 10.7 Å². The third-order valence-electron chi connectivity index (χ3n) is 4.27. The lowest BCUT2D eigenvalue weighted by molar-refractivity contribution is -0.137. The first kappa shape index (κ1) is 16.1. The molecule has 1 N–H and O–H groups in total. The van der Waals surface area contributed by atoms with Gasteiger partial charge in [-0.1, -0.05) is 18.2 Å². The smallest absolute Gasteiger partial charge is 0.306 e. The molecule has 0 radical (unpaired) electrons. The van der Waals surface area contributed by atoms with Crippen molar-refractivity contribution in [1.29, 1.82) is 0 Å². The van der Waals surface area contributed by atoms with Gasteiger partial charge in [-0.2, -0.15) is 13.2 Å². The van der Waals surface area contributed by atoms with Gasteiger partial charge in [0, 0.05) is 4.88 Å². The number of hydrogen-bond acceptors (Lipinski definition) is 3. The van der Waals surface area contributed by atoms with Gasteiger partial charge >= 0.3 is 6.18 Å². The molecule has 1 aromatic carbocycles. The summed E-state index contributed by atoms with van der Waals surface area (Å²) in [5, 5.41) is 0.684. The number of thiophene rings is 1. The lowest BCUT2D eigenvalue weighted by Crippen LogP contribution is -2.09. The molecule has 7 heteroatoms. The van der Waals surface area contributed by atoms with Gasteiger partial charge in [0.05, 0.1) is 10.9 Å². The van der Waals surface area contributed by atoms with Crippen LogP contribution in [0.4, 0.5) is 13.2 Å². The van der Waals surface area contributed by atoms with Crippen molar-refractivity contribution >= 4 is 33.7 Å². The number of alkyl halides is 3. The lowest BCUT2D eigenvalue weighted by atomic mass is 10.1. The van der Waals surface area contributed by atoms with Gasteiger partial charge in [0.15, 0.2) is 0 Å². The fourth-order valence-electron chi connectivity index (χ4n) is 3.06. The van der Waals surface area contributed by atoms with E-state index in [0.717, 1.165) is 41.8 Å². The molecule has 0 bridgehead atoms. The second kappa shape index (κ2) is 5.84. The molecular formula is C18H13F3N2OS. The minimum atomic E-state index is -4.35. The second-order valence-corrected chi connectivity index (χ2v) is 7.03. The van der Waals surface area contributed by atoms with Crippen LogP contribution in [0, 0.1) is 0 Å². The van der Waals surface area contributed by atoms with E-state index in [1.165, 1.54) is 17.0 Å². The van der Waals surface area contributed by atoms with Crippen LogP contribution in [0.2, 0.25) is 0 Å². The Morgan fingerprint density at radius 2 is 1.88 bits per heavy atom. The molecule has 0 atom stereocenters. The SMILES string of the molecule is O=c1[nH]c(/C=C/c2ccc(C(F)(F)F)cc2)nc2sc3c(c12)CCC3. The number of nitrogens with zero attached hydrogens (tertiary/aromatic N) is 1. The molecule has 128 valence electrons. The molecule has 2 heterocycles. The first-order valence-corrected chi connectivity index (χ1v) is 8.63. The van der Waals surface area contributed by atoms with Gasteiger partial charge < -0.3 is 4.98 Å². The number of halogens is 3. The van der Waals surface area contributed by atoms with Crippen molar-refractivity contribution in [1.82, 2.24) is 9.97 Å². The summed E-state index contributed by atoms with van der Waals surface area (Å²) >= 11 is 1.55. The summed E-state index contributed by atoms with van der Waals surface area (Å²) in [7, 11) is 0. The molecular weight excluding hydrogens is 349 g/mol. The Labute approximate surface area is 144 Å². The van der Waals surface area contributed by atoms with Gasteiger partial charge in [-0.05, 0) is 48.6 Å². The molecule has 3 aromatic rings. The first-order chi connectivity index (χ1) is 11.9. The molecule has 2 aromatic heterocycles. The van der Waals surface area contributed by atoms with Crippen LogP contribution in [-0.2, 0) is 19.0 Å². The summed E-state index contributed by atoms with van der Waals surface area (Å²) in [6.07, 6.45) is 1.87. The Balaban J connectivity index is 1.64. The number of aryl methyl sites for hydroxylation is 2. The van der Waals surface area contributed by atoms with Crippen molar-refractivity contribution in [2.75, 3.05) is 0 Å². The summed E-state index contributed by atoms with van der Waals surface area (Å²) in [6.45, 7) is 0. The highest BCUT2D eigenvalue weighted by Gasteiger charge is 2.29. The van der Waals surface area contributed by atoms with E-state index < -0.39 is 11.7 Å². The van der Waals surface area contributed by atoms with E-state index in [-0.39, 0.29) is 5.56 Å². The van der Waals surface area contributed by atoms with Gasteiger partial charge in [-0.3, -0.25) is 4.79 Å². The van der Waals surface area contributed by atoms with Crippen molar-refractivity contribution in [3.05, 3.63) is 62.0 Å². The highest BCUT2D eigenvalue weighted by molar-refractivity contribution is 7.18. The van der Waals surface area contributed by atoms with Crippen LogP contribution in [0.25, 0.3) is 22.4 Å². The normalized spacial score (nSPS) is 14.5. The van der Waals surface area contributed by atoms with E-state index in [0.29, 0.717) is 16.8 Å². The monoisotopic (exact) mass is 362 g/mol. The van der Waals surface area contributed by atoms with E-state index >= 15 is 0 Å². The van der Waals surface area contributed by atoms with Crippen molar-refractivity contribution < 1.29 is 13.2 Å². The number of aromatic nitrogens is 2. The molecule has 3 nitrogen and oxygen atoms in total. The predicted molar refractivity (Wildman–Crippen MR) is 92.6 cm³/mol. The van der Waals surface area contributed by atoms with Crippen LogP contribution in [0.15, 0.2) is 29.1 Å². The minimum absolute atomic E-state index is 0.156. The molecule has 0 fully saturated rings. The van der Waals surface area contributed by atoms with Crippen molar-refractivity contribution in [3.8, 4) is 0 Å². The maximum atomic E-state index is 12.6. The van der Waals surface area contributed by atoms with Crippen LogP contribution in [0.3, 0.4) is 0 Å². The summed E-state index contributed by atoms with van der Waals surface area (Å²) < 4.78 is 37.7. The summed E-state index contributed by atoms with van der Waals surface area (Å²) in [5.41, 5.74) is 0.874. The zero-order chi connectivity index (χ0) is 17.6. The van der Waals surface area contributed by atoms with Gasteiger partial charge in [0.25, 0.3) is 5.56 Å². The Morgan fingerprint density at radius 1 is 1.12 bits per heavy atom. The lowest BCUT2D eigenvalue weighted by Gasteiger charge is -2.05. The molecule has 25 heavy (non-hydrogen) atoms. The van der Waals surface area contributed by atoms with Crippen molar-refractivity contribution in [3.63, 3.8) is 0 Å². The quantitative estimate of drug-likeness (QED) is 0.720. The number of hydrogen-bond donors (Lipinski definition) is 1. The number of fused-ring (bicyclic) bond motifs is 3. The minimum Gasteiger partial charge on any atom is -0.306 e. The topological polar surface area (TPSA) is 45.8 Å². The van der Waals surface area contributed by atoms with Crippen LogP contribution in [0.5, 0.6) is 0 Å². The highest BCUT2D eigenvalue weighted by atomic mass is 32.1. The molecule has 0 aliphatic heterocycles. The van der Waals surface area contributed by atoms with E-state index in [2.05, 4.69) is 9.97 Å². The summed E-state index contributed by atoms with van der Waals surface area (Å²) in [5.74, 6) is 0.400. The van der Waals surface area contributed by atoms with E-state index in [1.54, 1.807) is 23.5 Å². The average molecular weight is 362 g/mol. The number of rotatable bonds is 2. The van der Waals surface area contributed by atoms with Crippen molar-refractivity contribution in [2.24, 2.45) is 0 Å². The van der Waals surface area contributed by atoms with Crippen LogP contribution in [0.1, 0.15) is 33.8 Å². The number of benzene rings is 1. The number of nitrogens with one attached hydrogen (secondary N) is 1. The molecule has 0 amide bonds. The molecule has 1 aliphatic rings. The molecule has 0 saturated carbocycles. The third kappa shape index (κ3) is 3.00. The molecule has 0 spiro atoms. The van der Waals surface area contributed by atoms with Crippen molar-refractivity contribution in [2.45, 2.75) is 25.4 Å². The van der Waals surface area contributed by atoms with Crippen LogP contribution in [-0.4, -0.2) is 9.97 Å². The Kier molecular flexibility index (Phi) is 3.76. The predicted octanol–water partition coefficient (Wildman–Crippen LogP) is 4.66. The third-order valence-corrected chi connectivity index (χ3v) is 5.45. The maximum absolute atomic E-state index is 12.6. The Bertz CT molecular complexity index is 1030. The second-order valence-electron chi connectivity index (χ2n) is 5.94. The summed E-state index contributed by atoms with van der Waals surface area (Å²) in [4.78, 5) is 21.5. The standard InChI is InChI=1S/C18H13F3N2OS/c19-18(20,21)11-7-4-10(5-8-11)6-9-14-22-16(24)15-12-2-1-3-13(12)25-17(15)23-14/h4-9H,1-3H2,(H,22,23,24)/b9-6+. The fourth-order valence-corrected chi connectivity index (χ4v) is 4.33. The maximum Gasteiger partial charge on any atom is 0.416 e. The van der Waals surface area contributed by atoms with E-state index in [9.17, 15) is 18.0 Å². The van der Waals surface area contributed by atoms with E-state index in [4.69, 9.17) is 0 Å². The highest BCUT2D eigenvalue weighted by Crippen LogP contribution is 2.34. The van der Waals surface area contributed by atoms with Crippen LogP contribution >= 0.6 is 11.3 Å². The van der Waals surface area contributed by atoms with E-state index in [1.807, 2.05) is 0 Å². The summed E-state index contributed by atoms with van der Waals surface area (Å²) in [6, 6.07) is 4.83. The average Bonchev–Trinajstić information content (AvgIpc) is 3.12. The Morgan fingerprint density at radius 3 is 2.60 bits per heavy atom. The van der Waals surface area contributed by atoms with Gasteiger partial charge in [0.2, 0.25) is 0 Å². The Hall–Kier alpha value is -2.41. The molecule has 0 unspecified atom stereocenters. The zero-order valence-electron chi connectivity index (χ0n) is 13.0. The molecule has 0 saturated heterocycles. The zero-order valence-corrected chi connectivity index (χ0v) is 13.8. The number of aromatic amines is 1. The fraction of sp³-hybridized carbons (Fsp3) is 0.222. The molecule has 4 rings (SSSR count). The van der Waals surface area contributed by atoms with Gasteiger partial charge in [-0.15, -0.1) is 11.3 Å². The molecule has 1 aliphatic carbocycles. The van der Waals surface area contributed by atoms with Gasteiger partial charge in [-0.25, -0.2) is 4.98 Å². The number of H-pyrrole nitrogens is 1. The largest absolute Gasteiger partial charge is 0.416 e. The first-order valence-electron chi connectivity index (χ1n) is 7.82. The van der Waals surface area contributed by atoms with Crippen LogP contribution < -0.4 is 5.56 Å².